The predicted molar refractivity (Wildman–Crippen MR) is 65.7 cm³/mol. The Labute approximate surface area is 110 Å². The molecule has 0 saturated carbocycles. The molecule has 1 aromatic rings. The molecule has 0 aliphatic rings. The highest BCUT2D eigenvalue weighted by atomic mass is 35.7. The summed E-state index contributed by atoms with van der Waals surface area (Å²) in [6.45, 7) is 0. The Morgan fingerprint density at radius 2 is 1.00 bits per heavy atom. The SMILES string of the molecule is CS(=O)(=O)c1cc(S(C)(=O)=O)cc(S(=O)(=O)Cl)c1. The molecule has 0 radical (unpaired) electrons. The van der Waals surface area contributed by atoms with Crippen molar-refractivity contribution in [1.82, 2.24) is 0 Å². The van der Waals surface area contributed by atoms with Crippen molar-refractivity contribution in [2.24, 2.45) is 0 Å². The molecular formula is C8H9ClO6S3. The summed E-state index contributed by atoms with van der Waals surface area (Å²) in [5, 5.41) is 0. The van der Waals surface area contributed by atoms with Gasteiger partial charge in [0.2, 0.25) is 0 Å². The average molecular weight is 333 g/mol. The van der Waals surface area contributed by atoms with Crippen molar-refractivity contribution in [2.45, 2.75) is 14.7 Å². The van der Waals surface area contributed by atoms with E-state index in [4.69, 9.17) is 10.7 Å². The zero-order valence-corrected chi connectivity index (χ0v) is 12.5. The largest absolute Gasteiger partial charge is 0.261 e. The van der Waals surface area contributed by atoms with Crippen LogP contribution in [0.4, 0.5) is 0 Å². The van der Waals surface area contributed by atoms with Crippen molar-refractivity contribution in [3.8, 4) is 0 Å². The zero-order chi connectivity index (χ0) is 14.4. The van der Waals surface area contributed by atoms with E-state index in [0.29, 0.717) is 0 Å². The molecule has 6 nitrogen and oxygen atoms in total. The number of hydrogen-bond acceptors (Lipinski definition) is 6. The molecule has 0 amide bonds. The second-order valence-electron chi connectivity index (χ2n) is 3.62. The van der Waals surface area contributed by atoms with Crippen molar-refractivity contribution in [1.29, 1.82) is 0 Å². The Morgan fingerprint density at radius 3 is 1.22 bits per heavy atom. The van der Waals surface area contributed by atoms with Crippen LogP contribution >= 0.6 is 10.7 Å². The Balaban J connectivity index is 3.82. The van der Waals surface area contributed by atoms with Gasteiger partial charge in [0, 0.05) is 23.2 Å². The molecule has 0 fully saturated rings. The van der Waals surface area contributed by atoms with Gasteiger partial charge in [0.05, 0.1) is 14.7 Å². The molecule has 18 heavy (non-hydrogen) atoms. The zero-order valence-electron chi connectivity index (χ0n) is 9.28. The molecule has 10 heteroatoms. The molecule has 0 N–H and O–H groups in total. The highest BCUT2D eigenvalue weighted by Gasteiger charge is 2.20. The van der Waals surface area contributed by atoms with Crippen molar-refractivity contribution in [3.05, 3.63) is 18.2 Å². The maximum absolute atomic E-state index is 11.4. The highest BCUT2D eigenvalue weighted by Crippen LogP contribution is 2.24. The number of sulfone groups is 2. The monoisotopic (exact) mass is 332 g/mol. The van der Waals surface area contributed by atoms with Crippen molar-refractivity contribution >= 4 is 39.4 Å². The fraction of sp³-hybridized carbons (Fsp3) is 0.250. The highest BCUT2D eigenvalue weighted by molar-refractivity contribution is 8.13. The van der Waals surface area contributed by atoms with E-state index < -0.39 is 43.4 Å². The normalized spacial score (nSPS) is 13.5. The minimum atomic E-state index is -4.23. The van der Waals surface area contributed by atoms with Gasteiger partial charge in [-0.2, -0.15) is 0 Å². The van der Waals surface area contributed by atoms with Gasteiger partial charge in [-0.25, -0.2) is 25.3 Å². The molecule has 1 aromatic carbocycles. The summed E-state index contributed by atoms with van der Waals surface area (Å²) in [4.78, 5) is -1.43. The van der Waals surface area contributed by atoms with Gasteiger partial charge in [-0.3, -0.25) is 0 Å². The van der Waals surface area contributed by atoms with Crippen molar-refractivity contribution in [2.75, 3.05) is 12.5 Å². The average Bonchev–Trinajstić information content (AvgIpc) is 2.13. The third kappa shape index (κ3) is 3.67. The summed E-state index contributed by atoms with van der Waals surface area (Å²) >= 11 is 0. The standard InChI is InChI=1S/C8H9ClO6S3/c1-16(10,11)6-3-7(17(2,12)13)5-8(4-6)18(9,14)15/h3-5H,1-2H3. The molecule has 0 bridgehead atoms. The molecule has 0 heterocycles. The van der Waals surface area contributed by atoms with E-state index in [1.165, 1.54) is 0 Å². The fourth-order valence-electron chi connectivity index (χ4n) is 1.11. The maximum Gasteiger partial charge on any atom is 0.261 e. The first-order chi connectivity index (χ1) is 7.82. The van der Waals surface area contributed by atoms with Gasteiger partial charge in [0.15, 0.2) is 19.7 Å². The van der Waals surface area contributed by atoms with E-state index in [0.717, 1.165) is 30.7 Å². The van der Waals surface area contributed by atoms with Crippen molar-refractivity contribution < 1.29 is 25.3 Å². The molecule has 0 saturated heterocycles. The first kappa shape index (κ1) is 15.4. The molecule has 102 valence electrons. The lowest BCUT2D eigenvalue weighted by atomic mass is 10.4. The van der Waals surface area contributed by atoms with Crippen LogP contribution in [-0.4, -0.2) is 37.8 Å². The molecule has 1 rings (SSSR count). The van der Waals surface area contributed by atoms with Crippen LogP contribution in [0, 0.1) is 0 Å². The topological polar surface area (TPSA) is 102 Å². The first-order valence-corrected chi connectivity index (χ1v) is 10.4. The minimum Gasteiger partial charge on any atom is -0.224 e. The van der Waals surface area contributed by atoms with Gasteiger partial charge in [0.1, 0.15) is 0 Å². The lowest BCUT2D eigenvalue weighted by molar-refractivity contribution is 0.599. The van der Waals surface area contributed by atoms with E-state index in [-0.39, 0.29) is 0 Å². The van der Waals surface area contributed by atoms with Crippen LogP contribution in [0.3, 0.4) is 0 Å². The van der Waals surface area contributed by atoms with Crippen LogP contribution in [-0.2, 0) is 28.7 Å². The second-order valence-corrected chi connectivity index (χ2v) is 10.2. The maximum atomic E-state index is 11.4. The van der Waals surface area contributed by atoms with Gasteiger partial charge in [-0.1, -0.05) is 0 Å². The van der Waals surface area contributed by atoms with E-state index in [1.807, 2.05) is 0 Å². The van der Waals surface area contributed by atoms with E-state index in [2.05, 4.69) is 0 Å². The number of rotatable bonds is 3. The fourth-order valence-corrected chi connectivity index (χ4v) is 3.51. The Hall–Kier alpha value is -0.640. The smallest absolute Gasteiger partial charge is 0.224 e. The van der Waals surface area contributed by atoms with Gasteiger partial charge in [-0.15, -0.1) is 0 Å². The van der Waals surface area contributed by atoms with Crippen LogP contribution in [0.25, 0.3) is 0 Å². The first-order valence-electron chi connectivity index (χ1n) is 4.32. The van der Waals surface area contributed by atoms with Crippen LogP contribution in [0.5, 0.6) is 0 Å². The molecule has 0 spiro atoms. The quantitative estimate of drug-likeness (QED) is 0.743. The van der Waals surface area contributed by atoms with Crippen molar-refractivity contribution in [3.63, 3.8) is 0 Å². The third-order valence-electron chi connectivity index (χ3n) is 1.99. The summed E-state index contributed by atoms with van der Waals surface area (Å²) in [5.41, 5.74) is 0. The van der Waals surface area contributed by atoms with E-state index in [1.54, 1.807) is 0 Å². The Bertz CT molecular complexity index is 667. The summed E-state index contributed by atoms with van der Waals surface area (Å²) in [7, 11) is -6.65. The number of halogens is 1. The van der Waals surface area contributed by atoms with Gasteiger partial charge >= 0.3 is 0 Å². The van der Waals surface area contributed by atoms with Crippen LogP contribution in [0.2, 0.25) is 0 Å². The summed E-state index contributed by atoms with van der Waals surface area (Å²) in [5.74, 6) is 0. The lowest BCUT2D eigenvalue weighted by Crippen LogP contribution is -2.05. The number of hydrogen-bond donors (Lipinski definition) is 0. The molecule has 0 aromatic heterocycles. The van der Waals surface area contributed by atoms with Gasteiger partial charge in [0.25, 0.3) is 9.05 Å². The van der Waals surface area contributed by atoms with Crippen LogP contribution < -0.4 is 0 Å². The van der Waals surface area contributed by atoms with E-state index in [9.17, 15) is 25.3 Å². The second kappa shape index (κ2) is 4.48. The predicted octanol–water partition coefficient (Wildman–Crippen LogP) is 0.421. The van der Waals surface area contributed by atoms with Crippen LogP contribution in [0.15, 0.2) is 32.9 Å². The van der Waals surface area contributed by atoms with Crippen LogP contribution in [0.1, 0.15) is 0 Å². The molecule has 0 aliphatic carbocycles. The summed E-state index contributed by atoms with van der Waals surface area (Å²) < 4.78 is 67.8. The summed E-state index contributed by atoms with van der Waals surface area (Å²) in [6, 6.07) is 2.51. The lowest BCUT2D eigenvalue weighted by Gasteiger charge is -2.05. The van der Waals surface area contributed by atoms with Gasteiger partial charge in [-0.05, 0) is 18.2 Å². The number of benzene rings is 1. The Kier molecular flexibility index (Phi) is 3.84. The van der Waals surface area contributed by atoms with Gasteiger partial charge < -0.3 is 0 Å². The minimum absolute atomic E-state index is 0.426. The Morgan fingerprint density at radius 1 is 0.722 bits per heavy atom. The molecule has 0 atom stereocenters. The molecule has 0 aliphatic heterocycles. The molecular weight excluding hydrogens is 324 g/mol. The molecule has 0 unspecified atom stereocenters. The third-order valence-corrected chi connectivity index (χ3v) is 5.51. The summed E-state index contributed by atoms with van der Waals surface area (Å²) in [6.07, 6.45) is 1.66. The van der Waals surface area contributed by atoms with E-state index >= 15 is 0 Å².